The number of piperazine rings is 1. The Hall–Kier alpha value is -3.16. The van der Waals surface area contributed by atoms with Crippen molar-refractivity contribution in [3.05, 3.63) is 58.7 Å². The van der Waals surface area contributed by atoms with Gasteiger partial charge in [0.15, 0.2) is 12.4 Å². The van der Waals surface area contributed by atoms with Crippen molar-refractivity contribution >= 4 is 45.6 Å². The molecular formula is C24H23ClN4O3. The fraction of sp³-hybridized carbons (Fsp3) is 0.292. The highest BCUT2D eigenvalue weighted by molar-refractivity contribution is 6.35. The standard InChI is InChI=1S/C24H23ClN4O3/c1-15-2-4-17-20(6-5-18(25)24(17)26-15)29-10-8-28(9-11-29)13-21(30)16-3-7-22-19(12-16)27-23(31)14-32-22/h2-7,12H,8-11,13-14H2,1H3,(H,27,31). The Morgan fingerprint density at radius 2 is 1.94 bits per heavy atom. The molecule has 2 aromatic carbocycles. The lowest BCUT2D eigenvalue weighted by Crippen LogP contribution is -2.48. The smallest absolute Gasteiger partial charge is 0.262 e. The predicted molar refractivity (Wildman–Crippen MR) is 125 cm³/mol. The lowest BCUT2D eigenvalue weighted by molar-refractivity contribution is -0.118. The van der Waals surface area contributed by atoms with Crippen molar-refractivity contribution in [2.75, 3.05) is 49.5 Å². The van der Waals surface area contributed by atoms with Gasteiger partial charge in [0.05, 0.1) is 22.8 Å². The number of amides is 1. The van der Waals surface area contributed by atoms with Gasteiger partial charge in [-0.05, 0) is 49.4 Å². The zero-order valence-electron chi connectivity index (χ0n) is 17.7. The third-order valence-electron chi connectivity index (χ3n) is 5.94. The van der Waals surface area contributed by atoms with E-state index in [1.54, 1.807) is 18.2 Å². The highest BCUT2D eigenvalue weighted by atomic mass is 35.5. The molecule has 5 rings (SSSR count). The van der Waals surface area contributed by atoms with E-state index in [-0.39, 0.29) is 18.3 Å². The summed E-state index contributed by atoms with van der Waals surface area (Å²) in [6.07, 6.45) is 0. The monoisotopic (exact) mass is 450 g/mol. The number of hydrogen-bond acceptors (Lipinski definition) is 6. The number of carbonyl (C=O) groups is 2. The van der Waals surface area contributed by atoms with Crippen molar-refractivity contribution < 1.29 is 14.3 Å². The molecule has 3 heterocycles. The fourth-order valence-corrected chi connectivity index (χ4v) is 4.45. The van der Waals surface area contributed by atoms with Gasteiger partial charge in [-0.1, -0.05) is 11.6 Å². The normalized spacial score (nSPS) is 16.4. The van der Waals surface area contributed by atoms with Crippen LogP contribution >= 0.6 is 11.6 Å². The molecule has 1 amide bonds. The van der Waals surface area contributed by atoms with Crippen molar-refractivity contribution in [2.24, 2.45) is 0 Å². The highest BCUT2D eigenvalue weighted by Crippen LogP contribution is 2.32. The SMILES string of the molecule is Cc1ccc2c(N3CCN(CC(=O)c4ccc5c(c4)NC(=O)CO5)CC3)ccc(Cl)c2n1. The number of hydrogen-bond donors (Lipinski definition) is 1. The summed E-state index contributed by atoms with van der Waals surface area (Å²) in [5.74, 6) is 0.408. The molecule has 1 N–H and O–H groups in total. The van der Waals surface area contributed by atoms with E-state index < -0.39 is 0 Å². The van der Waals surface area contributed by atoms with Crippen LogP contribution in [0.1, 0.15) is 16.1 Å². The molecule has 0 bridgehead atoms. The second-order valence-corrected chi connectivity index (χ2v) is 8.56. The summed E-state index contributed by atoms with van der Waals surface area (Å²) in [6, 6.07) is 13.2. The van der Waals surface area contributed by atoms with Gasteiger partial charge in [-0.2, -0.15) is 0 Å². The molecule has 2 aliphatic rings. The van der Waals surface area contributed by atoms with Crippen molar-refractivity contribution in [3.63, 3.8) is 0 Å². The Morgan fingerprint density at radius 3 is 2.75 bits per heavy atom. The Bertz CT molecular complexity index is 1220. The van der Waals surface area contributed by atoms with Crippen LogP contribution in [0.25, 0.3) is 10.9 Å². The van der Waals surface area contributed by atoms with Gasteiger partial charge in [-0.15, -0.1) is 0 Å². The first-order valence-electron chi connectivity index (χ1n) is 10.6. The van der Waals surface area contributed by atoms with Gasteiger partial charge < -0.3 is 15.0 Å². The maximum Gasteiger partial charge on any atom is 0.262 e. The molecule has 0 aliphatic carbocycles. The van der Waals surface area contributed by atoms with Crippen LogP contribution in [-0.4, -0.2) is 60.9 Å². The summed E-state index contributed by atoms with van der Waals surface area (Å²) in [5, 5.41) is 4.46. The van der Waals surface area contributed by atoms with Crippen LogP contribution < -0.4 is 15.0 Å². The first kappa shape index (κ1) is 20.7. The lowest BCUT2D eigenvalue weighted by atomic mass is 10.1. The number of fused-ring (bicyclic) bond motifs is 2. The summed E-state index contributed by atoms with van der Waals surface area (Å²) in [6.45, 7) is 5.48. The number of Topliss-reactive ketones (excluding diaryl/α,β-unsaturated/α-hetero) is 1. The van der Waals surface area contributed by atoms with Crippen LogP contribution in [0.2, 0.25) is 5.02 Å². The number of benzene rings is 2. The molecule has 164 valence electrons. The molecule has 8 heteroatoms. The third kappa shape index (κ3) is 4.01. The highest BCUT2D eigenvalue weighted by Gasteiger charge is 2.23. The zero-order chi connectivity index (χ0) is 22.2. The summed E-state index contributed by atoms with van der Waals surface area (Å²) in [4.78, 5) is 33.5. The molecule has 0 unspecified atom stereocenters. The second kappa shape index (κ2) is 8.41. The molecule has 0 saturated carbocycles. The van der Waals surface area contributed by atoms with E-state index >= 15 is 0 Å². The number of nitrogens with zero attached hydrogens (tertiary/aromatic N) is 3. The number of rotatable bonds is 4. The van der Waals surface area contributed by atoms with E-state index in [0.29, 0.717) is 28.6 Å². The minimum Gasteiger partial charge on any atom is -0.482 e. The van der Waals surface area contributed by atoms with Gasteiger partial charge in [0.1, 0.15) is 5.75 Å². The van der Waals surface area contributed by atoms with Crippen LogP contribution in [0.15, 0.2) is 42.5 Å². The minimum atomic E-state index is -0.210. The summed E-state index contributed by atoms with van der Waals surface area (Å²) in [7, 11) is 0. The largest absolute Gasteiger partial charge is 0.482 e. The summed E-state index contributed by atoms with van der Waals surface area (Å²) in [5.41, 5.74) is 4.00. The van der Waals surface area contributed by atoms with Crippen molar-refractivity contribution in [3.8, 4) is 5.75 Å². The van der Waals surface area contributed by atoms with E-state index in [4.69, 9.17) is 16.3 Å². The van der Waals surface area contributed by atoms with Gasteiger partial charge in [0.2, 0.25) is 0 Å². The van der Waals surface area contributed by atoms with Crippen molar-refractivity contribution in [2.45, 2.75) is 6.92 Å². The number of pyridine rings is 1. The maximum atomic E-state index is 12.8. The van der Waals surface area contributed by atoms with E-state index in [1.807, 2.05) is 25.1 Å². The minimum absolute atomic E-state index is 0.00312. The molecule has 0 atom stereocenters. The Balaban J connectivity index is 1.25. The molecule has 1 fully saturated rings. The van der Waals surface area contributed by atoms with Gasteiger partial charge in [-0.25, -0.2) is 0 Å². The zero-order valence-corrected chi connectivity index (χ0v) is 18.5. The van der Waals surface area contributed by atoms with E-state index in [1.165, 1.54) is 0 Å². The molecule has 1 aromatic heterocycles. The first-order valence-corrected chi connectivity index (χ1v) is 11.0. The quantitative estimate of drug-likeness (QED) is 0.613. The number of ether oxygens (including phenoxy) is 1. The topological polar surface area (TPSA) is 74.8 Å². The van der Waals surface area contributed by atoms with Crippen LogP contribution in [-0.2, 0) is 4.79 Å². The van der Waals surface area contributed by atoms with Crippen LogP contribution in [0, 0.1) is 6.92 Å². The Morgan fingerprint density at radius 1 is 1.12 bits per heavy atom. The average Bonchev–Trinajstić information content (AvgIpc) is 2.80. The van der Waals surface area contributed by atoms with Crippen LogP contribution in [0.5, 0.6) is 5.75 Å². The maximum absolute atomic E-state index is 12.8. The number of nitrogens with one attached hydrogen (secondary N) is 1. The van der Waals surface area contributed by atoms with E-state index in [9.17, 15) is 9.59 Å². The second-order valence-electron chi connectivity index (χ2n) is 8.15. The predicted octanol–water partition coefficient (Wildman–Crippen LogP) is 3.53. The average molecular weight is 451 g/mol. The molecule has 2 aliphatic heterocycles. The van der Waals surface area contributed by atoms with Crippen LogP contribution in [0.4, 0.5) is 11.4 Å². The molecule has 7 nitrogen and oxygen atoms in total. The van der Waals surface area contributed by atoms with Crippen LogP contribution in [0.3, 0.4) is 0 Å². The lowest BCUT2D eigenvalue weighted by Gasteiger charge is -2.36. The number of aromatic nitrogens is 1. The molecule has 0 radical (unpaired) electrons. The van der Waals surface area contributed by atoms with Gasteiger partial charge in [-0.3, -0.25) is 19.5 Å². The Labute approximate surface area is 190 Å². The van der Waals surface area contributed by atoms with E-state index in [0.717, 1.165) is 48.5 Å². The van der Waals surface area contributed by atoms with E-state index in [2.05, 4.69) is 26.2 Å². The fourth-order valence-electron chi connectivity index (χ4n) is 4.24. The summed E-state index contributed by atoms with van der Waals surface area (Å²) < 4.78 is 5.37. The number of halogens is 1. The molecular weight excluding hydrogens is 428 g/mol. The van der Waals surface area contributed by atoms with Gasteiger partial charge in [0, 0.05) is 48.5 Å². The van der Waals surface area contributed by atoms with Crippen molar-refractivity contribution in [1.29, 1.82) is 0 Å². The number of anilines is 2. The third-order valence-corrected chi connectivity index (χ3v) is 6.24. The molecule has 32 heavy (non-hydrogen) atoms. The molecule has 1 saturated heterocycles. The number of carbonyl (C=O) groups excluding carboxylic acids is 2. The summed E-state index contributed by atoms with van der Waals surface area (Å²) >= 11 is 6.37. The van der Waals surface area contributed by atoms with Gasteiger partial charge >= 0.3 is 0 Å². The number of aryl methyl sites for hydroxylation is 1. The molecule has 0 spiro atoms. The molecule has 3 aromatic rings. The Kier molecular flexibility index (Phi) is 5.45. The number of ketones is 1. The van der Waals surface area contributed by atoms with Gasteiger partial charge in [0.25, 0.3) is 5.91 Å². The van der Waals surface area contributed by atoms with Crippen molar-refractivity contribution in [1.82, 2.24) is 9.88 Å². The first-order chi connectivity index (χ1) is 15.5.